The Bertz CT molecular complexity index is 427. The molecule has 1 aromatic rings. The molecule has 3 heteroatoms. The van der Waals surface area contributed by atoms with Crippen molar-refractivity contribution in [2.45, 2.75) is 20.3 Å². The summed E-state index contributed by atoms with van der Waals surface area (Å²) >= 11 is 0. The molecule has 1 aliphatic rings. The van der Waals surface area contributed by atoms with Crippen molar-refractivity contribution < 1.29 is 4.74 Å². The van der Waals surface area contributed by atoms with Crippen molar-refractivity contribution in [3.05, 3.63) is 29.8 Å². The number of anilines is 1. The summed E-state index contributed by atoms with van der Waals surface area (Å²) in [5.41, 5.74) is 2.11. The maximum absolute atomic E-state index is 9.09. The smallest absolute Gasteiger partial charge is 0.121 e. The molecule has 2 rings (SSSR count). The molecular formula is C15H20N2O. The molecule has 3 nitrogen and oxygen atoms in total. The van der Waals surface area contributed by atoms with Crippen LogP contribution in [0.1, 0.15) is 19.4 Å². The molecule has 1 fully saturated rings. The van der Waals surface area contributed by atoms with E-state index in [1.165, 1.54) is 5.56 Å². The number of rotatable bonds is 5. The molecule has 0 bridgehead atoms. The van der Waals surface area contributed by atoms with Gasteiger partial charge in [-0.3, -0.25) is 0 Å². The molecule has 1 N–H and O–H groups in total. The molecule has 0 aromatic heterocycles. The van der Waals surface area contributed by atoms with Crippen LogP contribution in [0.3, 0.4) is 0 Å². The minimum Gasteiger partial charge on any atom is -0.383 e. The van der Waals surface area contributed by atoms with Gasteiger partial charge < -0.3 is 10.1 Å². The van der Waals surface area contributed by atoms with E-state index in [9.17, 15) is 0 Å². The van der Waals surface area contributed by atoms with Gasteiger partial charge in [0, 0.05) is 12.2 Å². The van der Waals surface area contributed by atoms with Gasteiger partial charge in [0.25, 0.3) is 0 Å². The number of nitrogens with one attached hydrogen (secondary N) is 1. The fraction of sp³-hybridized carbons (Fsp3) is 0.533. The molecule has 0 amide bonds. The normalized spacial score (nSPS) is 17.0. The number of hydrogen-bond acceptors (Lipinski definition) is 3. The van der Waals surface area contributed by atoms with Crippen LogP contribution in [0.15, 0.2) is 24.3 Å². The summed E-state index contributed by atoms with van der Waals surface area (Å²) in [7, 11) is 0. The van der Waals surface area contributed by atoms with Gasteiger partial charge in [0.1, 0.15) is 5.41 Å². The third-order valence-corrected chi connectivity index (χ3v) is 3.22. The number of benzene rings is 1. The van der Waals surface area contributed by atoms with Gasteiger partial charge in [-0.15, -0.1) is 0 Å². The second kappa shape index (κ2) is 5.41. The van der Waals surface area contributed by atoms with E-state index < -0.39 is 0 Å². The third kappa shape index (κ3) is 3.02. The van der Waals surface area contributed by atoms with Crippen LogP contribution >= 0.6 is 0 Å². The van der Waals surface area contributed by atoms with Gasteiger partial charge in [0.2, 0.25) is 0 Å². The fourth-order valence-corrected chi connectivity index (χ4v) is 2.06. The molecular weight excluding hydrogens is 224 g/mol. The first-order valence-electron chi connectivity index (χ1n) is 6.45. The second-order valence-corrected chi connectivity index (χ2v) is 5.53. The number of nitrogens with zero attached hydrogens (tertiary/aromatic N) is 1. The zero-order valence-electron chi connectivity index (χ0n) is 11.1. The van der Waals surface area contributed by atoms with Crippen LogP contribution in [-0.4, -0.2) is 19.8 Å². The van der Waals surface area contributed by atoms with Gasteiger partial charge in [-0.2, -0.15) is 5.26 Å². The Hall–Kier alpha value is -1.53. The van der Waals surface area contributed by atoms with Crippen molar-refractivity contribution in [3.63, 3.8) is 0 Å². The fourth-order valence-electron chi connectivity index (χ4n) is 2.06. The minimum atomic E-state index is -0.323. The monoisotopic (exact) mass is 244 g/mol. The lowest BCUT2D eigenvalue weighted by atomic mass is 9.88. The Labute approximate surface area is 109 Å². The van der Waals surface area contributed by atoms with Crippen LogP contribution in [-0.2, 0) is 11.2 Å². The Morgan fingerprint density at radius 1 is 1.33 bits per heavy atom. The summed E-state index contributed by atoms with van der Waals surface area (Å²) in [5.74, 6) is 0.679. The number of hydrogen-bond donors (Lipinski definition) is 1. The summed E-state index contributed by atoms with van der Waals surface area (Å²) in [6, 6.07) is 10.8. The van der Waals surface area contributed by atoms with Crippen LogP contribution in [0, 0.1) is 22.7 Å². The molecule has 0 saturated carbocycles. The van der Waals surface area contributed by atoms with Crippen molar-refractivity contribution >= 4 is 5.69 Å². The van der Waals surface area contributed by atoms with E-state index >= 15 is 0 Å². The lowest BCUT2D eigenvalue weighted by molar-refractivity contribution is -0.0690. The summed E-state index contributed by atoms with van der Waals surface area (Å²) in [5, 5.41) is 12.4. The third-order valence-electron chi connectivity index (χ3n) is 3.22. The lowest BCUT2D eigenvalue weighted by Crippen LogP contribution is -2.46. The molecule has 0 radical (unpaired) electrons. The summed E-state index contributed by atoms with van der Waals surface area (Å²) in [6.07, 6.45) is 1.11. The van der Waals surface area contributed by atoms with Gasteiger partial charge in [-0.1, -0.05) is 26.0 Å². The molecule has 96 valence electrons. The molecule has 0 atom stereocenters. The highest BCUT2D eigenvalue weighted by Gasteiger charge is 2.38. The largest absolute Gasteiger partial charge is 0.383 e. The van der Waals surface area contributed by atoms with Crippen molar-refractivity contribution in [2.24, 2.45) is 11.3 Å². The molecule has 1 aliphatic heterocycles. The maximum Gasteiger partial charge on any atom is 0.121 e. The topological polar surface area (TPSA) is 45.0 Å². The van der Waals surface area contributed by atoms with E-state index in [0.29, 0.717) is 25.7 Å². The first kappa shape index (κ1) is 12.9. The Morgan fingerprint density at radius 3 is 2.44 bits per heavy atom. The standard InChI is InChI=1S/C15H20N2O/c1-12(2)7-13-3-5-14(6-4-13)17-9-15(8-16)10-18-11-15/h3-6,12,17H,7,9-11H2,1-2H3. The highest BCUT2D eigenvalue weighted by molar-refractivity contribution is 5.45. The van der Waals surface area contributed by atoms with Crippen molar-refractivity contribution in [1.29, 1.82) is 5.26 Å². The predicted octanol–water partition coefficient (Wildman–Crippen LogP) is 2.84. The zero-order chi connectivity index (χ0) is 13.0. The molecule has 18 heavy (non-hydrogen) atoms. The molecule has 1 saturated heterocycles. The molecule has 0 unspecified atom stereocenters. The van der Waals surface area contributed by atoms with Gasteiger partial charge in [0.05, 0.1) is 19.3 Å². The van der Waals surface area contributed by atoms with Crippen LogP contribution < -0.4 is 5.32 Å². The van der Waals surface area contributed by atoms with Crippen LogP contribution in [0.5, 0.6) is 0 Å². The SMILES string of the molecule is CC(C)Cc1ccc(NCC2(C#N)COC2)cc1. The van der Waals surface area contributed by atoms with Crippen LogP contribution in [0.25, 0.3) is 0 Å². The first-order chi connectivity index (χ1) is 8.63. The van der Waals surface area contributed by atoms with Crippen molar-refractivity contribution in [1.82, 2.24) is 0 Å². The van der Waals surface area contributed by atoms with Crippen molar-refractivity contribution in [2.75, 3.05) is 25.1 Å². The average Bonchev–Trinajstić information content (AvgIpc) is 2.30. The van der Waals surface area contributed by atoms with E-state index in [0.717, 1.165) is 12.1 Å². The average molecular weight is 244 g/mol. The van der Waals surface area contributed by atoms with Gasteiger partial charge in [-0.25, -0.2) is 0 Å². The zero-order valence-corrected chi connectivity index (χ0v) is 11.1. The van der Waals surface area contributed by atoms with E-state index in [1.54, 1.807) is 0 Å². The minimum absolute atomic E-state index is 0.323. The molecule has 1 heterocycles. The van der Waals surface area contributed by atoms with E-state index in [4.69, 9.17) is 10.00 Å². The van der Waals surface area contributed by atoms with Crippen molar-refractivity contribution in [3.8, 4) is 6.07 Å². The summed E-state index contributed by atoms with van der Waals surface area (Å²) in [4.78, 5) is 0. The Morgan fingerprint density at radius 2 is 2.00 bits per heavy atom. The highest BCUT2D eigenvalue weighted by atomic mass is 16.5. The molecule has 1 aromatic carbocycles. The quantitative estimate of drug-likeness (QED) is 0.866. The molecule has 0 spiro atoms. The van der Waals surface area contributed by atoms with Gasteiger partial charge in [0.15, 0.2) is 0 Å². The summed E-state index contributed by atoms with van der Waals surface area (Å²) < 4.78 is 5.12. The van der Waals surface area contributed by atoms with E-state index in [1.807, 2.05) is 0 Å². The Kier molecular flexibility index (Phi) is 3.88. The summed E-state index contributed by atoms with van der Waals surface area (Å²) in [6.45, 7) is 6.19. The predicted molar refractivity (Wildman–Crippen MR) is 72.3 cm³/mol. The number of ether oxygens (including phenoxy) is 1. The van der Waals surface area contributed by atoms with Crippen LogP contribution in [0.4, 0.5) is 5.69 Å². The van der Waals surface area contributed by atoms with Gasteiger partial charge in [-0.05, 0) is 30.0 Å². The molecule has 0 aliphatic carbocycles. The first-order valence-corrected chi connectivity index (χ1v) is 6.45. The second-order valence-electron chi connectivity index (χ2n) is 5.53. The maximum atomic E-state index is 9.09. The van der Waals surface area contributed by atoms with E-state index in [-0.39, 0.29) is 5.41 Å². The lowest BCUT2D eigenvalue weighted by Gasteiger charge is -2.35. The van der Waals surface area contributed by atoms with Crippen LogP contribution in [0.2, 0.25) is 0 Å². The van der Waals surface area contributed by atoms with E-state index in [2.05, 4.69) is 49.5 Å². The number of nitriles is 1. The van der Waals surface area contributed by atoms with Gasteiger partial charge >= 0.3 is 0 Å². The highest BCUT2D eigenvalue weighted by Crippen LogP contribution is 2.26. The Balaban J connectivity index is 1.89.